The Morgan fingerprint density at radius 2 is 2.10 bits per heavy atom. The first kappa shape index (κ1) is 19.7. The van der Waals surface area contributed by atoms with E-state index in [2.05, 4.69) is 30.3 Å². The maximum Gasteiger partial charge on any atom is 0.264 e. The highest BCUT2D eigenvalue weighted by molar-refractivity contribution is 7.99. The molecule has 158 valence electrons. The van der Waals surface area contributed by atoms with Crippen LogP contribution >= 0.6 is 11.8 Å². The Morgan fingerprint density at radius 3 is 2.81 bits per heavy atom. The fourth-order valence-corrected chi connectivity index (χ4v) is 4.02. The van der Waals surface area contributed by atoms with Gasteiger partial charge in [0.25, 0.3) is 5.89 Å². The molecule has 0 aliphatic heterocycles. The second-order valence-electron chi connectivity index (χ2n) is 7.38. The van der Waals surface area contributed by atoms with Gasteiger partial charge in [-0.1, -0.05) is 12.1 Å². The normalized spacial score (nSPS) is 14.8. The number of hydrogen-bond donors (Lipinski definition) is 0. The Hall–Kier alpha value is -3.21. The highest BCUT2D eigenvalue weighted by atomic mass is 32.2. The molecule has 1 aliphatic carbocycles. The largest absolute Gasteiger partial charge is 0.335 e. The topological polar surface area (TPSA) is 112 Å². The van der Waals surface area contributed by atoms with Gasteiger partial charge in [-0.2, -0.15) is 4.98 Å². The van der Waals surface area contributed by atoms with Crippen molar-refractivity contribution < 1.29 is 13.7 Å². The number of alkyl halides is 1. The number of carbonyl (C=O) groups excluding carboxylic acids is 1. The molecule has 0 spiro atoms. The van der Waals surface area contributed by atoms with Gasteiger partial charge in [-0.15, -0.1) is 22.0 Å². The number of imidazole rings is 1. The van der Waals surface area contributed by atoms with Crippen LogP contribution in [0.5, 0.6) is 0 Å². The van der Waals surface area contributed by atoms with Gasteiger partial charge in [0.15, 0.2) is 22.9 Å². The molecule has 4 aromatic rings. The van der Waals surface area contributed by atoms with Crippen molar-refractivity contribution in [3.63, 3.8) is 0 Å². The molecule has 9 nitrogen and oxygen atoms in total. The summed E-state index contributed by atoms with van der Waals surface area (Å²) in [5.74, 6) is 1.56. The smallest absolute Gasteiger partial charge is 0.264 e. The lowest BCUT2D eigenvalue weighted by Gasteiger charge is -2.08. The summed E-state index contributed by atoms with van der Waals surface area (Å²) in [5.41, 5.74) is 1.20. The van der Waals surface area contributed by atoms with Gasteiger partial charge in [-0.3, -0.25) is 9.78 Å². The number of carbonyl (C=O) groups is 1. The number of aromatic nitrogens is 7. The molecule has 1 aliphatic rings. The van der Waals surface area contributed by atoms with Crippen LogP contribution < -0.4 is 0 Å². The van der Waals surface area contributed by atoms with E-state index in [4.69, 9.17) is 4.52 Å². The van der Waals surface area contributed by atoms with Gasteiger partial charge in [0.2, 0.25) is 5.82 Å². The predicted molar refractivity (Wildman–Crippen MR) is 111 cm³/mol. The van der Waals surface area contributed by atoms with Crippen LogP contribution in [0.2, 0.25) is 0 Å². The molecular weight excluding hydrogens is 421 g/mol. The number of hydrogen-bond acceptors (Lipinski definition) is 9. The van der Waals surface area contributed by atoms with E-state index in [-0.39, 0.29) is 17.4 Å². The molecule has 5 rings (SSSR count). The average Bonchev–Trinajstić information content (AvgIpc) is 3.19. The molecule has 0 aromatic carbocycles. The number of rotatable bonds is 6. The number of nitrogens with zero attached hydrogens (tertiary/aromatic N) is 7. The molecule has 11 heteroatoms. The minimum Gasteiger partial charge on any atom is -0.335 e. The predicted octanol–water partition coefficient (Wildman–Crippen LogP) is 3.75. The van der Waals surface area contributed by atoms with Crippen molar-refractivity contribution in [1.82, 2.24) is 34.9 Å². The summed E-state index contributed by atoms with van der Waals surface area (Å²) < 4.78 is 21.1. The molecule has 0 unspecified atom stereocenters. The first-order valence-electron chi connectivity index (χ1n) is 9.77. The minimum atomic E-state index is -1.48. The number of Topliss-reactive ketones (excluding diaryl/α,β-unsaturated/α-hetero) is 1. The van der Waals surface area contributed by atoms with Crippen molar-refractivity contribution in [2.24, 2.45) is 7.05 Å². The van der Waals surface area contributed by atoms with Crippen molar-refractivity contribution >= 4 is 28.7 Å². The lowest BCUT2D eigenvalue weighted by atomic mass is 10.2. The molecule has 0 atom stereocenters. The van der Waals surface area contributed by atoms with E-state index >= 15 is 0 Å². The maximum atomic E-state index is 14.2. The van der Waals surface area contributed by atoms with Crippen molar-refractivity contribution in [2.75, 3.05) is 5.75 Å². The zero-order chi connectivity index (χ0) is 21.8. The summed E-state index contributed by atoms with van der Waals surface area (Å²) in [7, 11) is 1.82. The zero-order valence-corrected chi connectivity index (χ0v) is 17.9. The minimum absolute atomic E-state index is 0.0199. The third-order valence-electron chi connectivity index (χ3n) is 5.10. The summed E-state index contributed by atoms with van der Waals surface area (Å²) in [6.07, 6.45) is 2.43. The summed E-state index contributed by atoms with van der Waals surface area (Å²) >= 11 is 1.59. The average molecular weight is 439 g/mol. The summed E-state index contributed by atoms with van der Waals surface area (Å²) in [6.45, 7) is 3.47. The fourth-order valence-electron chi connectivity index (χ4n) is 3.22. The van der Waals surface area contributed by atoms with Gasteiger partial charge in [-0.05, 0) is 30.7 Å². The van der Waals surface area contributed by atoms with Gasteiger partial charge >= 0.3 is 0 Å². The monoisotopic (exact) mass is 439 g/mol. The first-order chi connectivity index (χ1) is 14.9. The summed E-state index contributed by atoms with van der Waals surface area (Å²) in [6, 6.07) is 3.52. The Bertz CT molecular complexity index is 1330. The molecule has 4 aromatic heterocycles. The standard InChI is InChI=1S/C20H18FN7O2S/c1-4-31-14-7-11(16-24-19(30-27-16)20(21)5-6-20)9-22-15(14)18-23-13-8-12(10(2)29)25-26-17(13)28(18)3/h7-9H,4-6H2,1-3H3. The lowest BCUT2D eigenvalue weighted by molar-refractivity contribution is 0.101. The second kappa shape index (κ2) is 7.19. The van der Waals surface area contributed by atoms with Crippen molar-refractivity contribution in [3.8, 4) is 22.9 Å². The van der Waals surface area contributed by atoms with E-state index in [0.29, 0.717) is 46.9 Å². The van der Waals surface area contributed by atoms with E-state index < -0.39 is 5.67 Å². The Labute approximate surface area is 180 Å². The fraction of sp³-hybridized carbons (Fsp3) is 0.350. The van der Waals surface area contributed by atoms with Crippen molar-refractivity contribution in [3.05, 3.63) is 29.9 Å². The van der Waals surface area contributed by atoms with Crippen LogP contribution in [-0.2, 0) is 12.7 Å². The van der Waals surface area contributed by atoms with Gasteiger partial charge in [-0.25, -0.2) is 9.37 Å². The number of ketones is 1. The third-order valence-corrected chi connectivity index (χ3v) is 6.01. The van der Waals surface area contributed by atoms with Gasteiger partial charge in [0.1, 0.15) is 16.9 Å². The Kier molecular flexibility index (Phi) is 4.58. The van der Waals surface area contributed by atoms with Crippen LogP contribution in [0.4, 0.5) is 4.39 Å². The number of aryl methyl sites for hydroxylation is 1. The van der Waals surface area contributed by atoms with Crippen LogP contribution in [0.25, 0.3) is 34.1 Å². The van der Waals surface area contributed by atoms with Crippen molar-refractivity contribution in [1.29, 1.82) is 0 Å². The molecule has 0 bridgehead atoms. The third kappa shape index (κ3) is 3.38. The summed E-state index contributed by atoms with van der Waals surface area (Å²) in [5, 5.41) is 12.0. The Balaban J connectivity index is 1.58. The quantitative estimate of drug-likeness (QED) is 0.327. The molecule has 0 amide bonds. The molecule has 31 heavy (non-hydrogen) atoms. The van der Waals surface area contributed by atoms with E-state index in [9.17, 15) is 9.18 Å². The first-order valence-corrected chi connectivity index (χ1v) is 10.8. The zero-order valence-electron chi connectivity index (χ0n) is 17.1. The number of halogens is 1. The molecule has 1 fully saturated rings. The highest BCUT2D eigenvalue weighted by Gasteiger charge is 2.50. The van der Waals surface area contributed by atoms with Crippen LogP contribution in [0.1, 0.15) is 43.1 Å². The summed E-state index contributed by atoms with van der Waals surface area (Å²) in [4.78, 5) is 26.0. The van der Waals surface area contributed by atoms with E-state index in [1.54, 1.807) is 28.6 Å². The molecule has 4 heterocycles. The maximum absolute atomic E-state index is 14.2. The second-order valence-corrected chi connectivity index (χ2v) is 8.69. The highest BCUT2D eigenvalue weighted by Crippen LogP contribution is 2.49. The number of thioether (sulfide) groups is 1. The van der Waals surface area contributed by atoms with Gasteiger partial charge in [0.05, 0.1) is 0 Å². The van der Waals surface area contributed by atoms with E-state index in [1.165, 1.54) is 6.92 Å². The molecular formula is C20H18FN7O2S. The van der Waals surface area contributed by atoms with Gasteiger partial charge < -0.3 is 9.09 Å². The SMILES string of the molecule is CCSc1cc(-c2noc(C3(F)CC3)n2)cnc1-c1nc2cc(C(C)=O)nnc2n1C. The van der Waals surface area contributed by atoms with Crippen LogP contribution in [0.3, 0.4) is 0 Å². The van der Waals surface area contributed by atoms with Gasteiger partial charge in [0, 0.05) is 30.6 Å². The van der Waals surface area contributed by atoms with Crippen LogP contribution in [0.15, 0.2) is 27.7 Å². The van der Waals surface area contributed by atoms with Crippen molar-refractivity contribution in [2.45, 2.75) is 37.3 Å². The van der Waals surface area contributed by atoms with E-state index in [1.807, 2.05) is 20.0 Å². The molecule has 1 saturated carbocycles. The molecule has 0 N–H and O–H groups in total. The van der Waals surface area contributed by atoms with Crippen LogP contribution in [0, 0.1) is 0 Å². The number of fused-ring (bicyclic) bond motifs is 1. The number of pyridine rings is 1. The Morgan fingerprint density at radius 1 is 1.29 bits per heavy atom. The lowest BCUT2D eigenvalue weighted by Crippen LogP contribution is -2.01. The molecule has 0 radical (unpaired) electrons. The van der Waals surface area contributed by atoms with Crippen LogP contribution in [-0.4, -0.2) is 46.4 Å². The van der Waals surface area contributed by atoms with E-state index in [0.717, 1.165) is 10.6 Å². The molecule has 0 saturated heterocycles.